The van der Waals surface area contributed by atoms with Gasteiger partial charge in [-0.15, -0.1) is 0 Å². The number of anilines is 1. The molecule has 1 aromatic heterocycles. The topological polar surface area (TPSA) is 64.9 Å². The fourth-order valence-electron chi connectivity index (χ4n) is 1.48. The Morgan fingerprint density at radius 1 is 1.39 bits per heavy atom. The number of nitrogen functional groups attached to an aromatic ring is 1. The van der Waals surface area contributed by atoms with Crippen LogP contribution >= 0.6 is 11.8 Å². The van der Waals surface area contributed by atoms with E-state index in [1.54, 1.807) is 11.8 Å². The third-order valence-electron chi connectivity index (χ3n) is 2.53. The van der Waals surface area contributed by atoms with E-state index in [1.165, 1.54) is 0 Å². The summed E-state index contributed by atoms with van der Waals surface area (Å²) in [5, 5.41) is 4.54. The summed E-state index contributed by atoms with van der Waals surface area (Å²) < 4.78 is 5.26. The highest BCUT2D eigenvalue weighted by Gasteiger charge is 2.10. The zero-order valence-corrected chi connectivity index (χ0v) is 11.6. The smallest absolute Gasteiger partial charge is 0.257 e. The molecule has 0 amide bonds. The second-order valence-corrected chi connectivity index (χ2v) is 6.01. The summed E-state index contributed by atoms with van der Waals surface area (Å²) in [6.07, 6.45) is 0. The molecular formula is C13H17N3OS. The zero-order valence-electron chi connectivity index (χ0n) is 10.8. The van der Waals surface area contributed by atoms with Crippen molar-refractivity contribution in [3.8, 4) is 11.5 Å². The first kappa shape index (κ1) is 13.0. The maximum absolute atomic E-state index is 5.78. The van der Waals surface area contributed by atoms with Gasteiger partial charge in [-0.05, 0) is 35.9 Å². The van der Waals surface area contributed by atoms with Crippen molar-refractivity contribution in [2.24, 2.45) is 0 Å². The van der Waals surface area contributed by atoms with Crippen LogP contribution in [0.15, 0.2) is 22.7 Å². The van der Waals surface area contributed by atoms with E-state index < -0.39 is 0 Å². The molecule has 0 aliphatic rings. The fourth-order valence-corrected chi connectivity index (χ4v) is 2.08. The fraction of sp³-hybridized carbons (Fsp3) is 0.385. The van der Waals surface area contributed by atoms with Crippen LogP contribution in [0.3, 0.4) is 0 Å². The highest BCUT2D eigenvalue weighted by Crippen LogP contribution is 2.23. The first-order valence-corrected chi connectivity index (χ1v) is 6.92. The van der Waals surface area contributed by atoms with Crippen molar-refractivity contribution in [1.82, 2.24) is 10.1 Å². The Hall–Kier alpha value is -1.49. The van der Waals surface area contributed by atoms with E-state index in [0.717, 1.165) is 28.4 Å². The third kappa shape index (κ3) is 3.04. The van der Waals surface area contributed by atoms with Gasteiger partial charge in [-0.25, -0.2) is 0 Å². The van der Waals surface area contributed by atoms with Gasteiger partial charge in [-0.2, -0.15) is 16.7 Å². The average Bonchev–Trinajstić information content (AvgIpc) is 2.79. The number of benzene rings is 1. The Balaban J connectivity index is 2.16. The predicted octanol–water partition coefficient (Wildman–Crippen LogP) is 3.27. The largest absolute Gasteiger partial charge is 0.399 e. The van der Waals surface area contributed by atoms with Crippen LogP contribution in [0.25, 0.3) is 11.5 Å². The van der Waals surface area contributed by atoms with Gasteiger partial charge >= 0.3 is 0 Å². The molecule has 2 aromatic rings. The molecule has 5 heteroatoms. The van der Waals surface area contributed by atoms with Crippen molar-refractivity contribution in [2.45, 2.75) is 31.8 Å². The monoisotopic (exact) mass is 263 g/mol. The molecule has 0 atom stereocenters. The summed E-state index contributed by atoms with van der Waals surface area (Å²) in [6.45, 7) is 6.26. The number of rotatable bonds is 4. The van der Waals surface area contributed by atoms with Crippen LogP contribution in [-0.4, -0.2) is 15.4 Å². The maximum Gasteiger partial charge on any atom is 0.257 e. The summed E-state index contributed by atoms with van der Waals surface area (Å²) in [6, 6.07) is 5.72. The molecule has 0 aliphatic heterocycles. The van der Waals surface area contributed by atoms with Crippen molar-refractivity contribution in [2.75, 3.05) is 5.73 Å². The molecule has 0 saturated heterocycles. The van der Waals surface area contributed by atoms with E-state index in [4.69, 9.17) is 10.3 Å². The molecule has 96 valence electrons. The number of nitrogens with zero attached hydrogens (tertiary/aromatic N) is 2. The van der Waals surface area contributed by atoms with Gasteiger partial charge in [0, 0.05) is 11.3 Å². The Kier molecular flexibility index (Phi) is 3.91. The van der Waals surface area contributed by atoms with E-state index in [1.807, 2.05) is 25.1 Å². The number of hydrogen-bond acceptors (Lipinski definition) is 5. The molecule has 4 nitrogen and oxygen atoms in total. The van der Waals surface area contributed by atoms with Gasteiger partial charge in [0.15, 0.2) is 5.82 Å². The predicted molar refractivity (Wildman–Crippen MR) is 75.3 cm³/mol. The molecule has 1 aromatic carbocycles. The van der Waals surface area contributed by atoms with Crippen LogP contribution in [-0.2, 0) is 5.75 Å². The molecule has 2 N–H and O–H groups in total. The summed E-state index contributed by atoms with van der Waals surface area (Å²) in [4.78, 5) is 4.38. The van der Waals surface area contributed by atoms with E-state index in [2.05, 4.69) is 24.0 Å². The van der Waals surface area contributed by atoms with Gasteiger partial charge in [0.05, 0.1) is 5.75 Å². The molecule has 0 fully saturated rings. The number of aromatic nitrogens is 2. The standard InChI is InChI=1S/C13H17N3OS/c1-8(2)18-7-12-15-13(17-16-12)10-4-5-11(14)9(3)6-10/h4-6,8H,7,14H2,1-3H3. The minimum absolute atomic E-state index is 0.553. The first-order valence-electron chi connectivity index (χ1n) is 5.87. The molecule has 0 saturated carbocycles. The van der Waals surface area contributed by atoms with Gasteiger partial charge in [-0.3, -0.25) is 0 Å². The molecule has 18 heavy (non-hydrogen) atoms. The van der Waals surface area contributed by atoms with Crippen molar-refractivity contribution in [3.05, 3.63) is 29.6 Å². The van der Waals surface area contributed by atoms with E-state index in [-0.39, 0.29) is 0 Å². The lowest BCUT2D eigenvalue weighted by Gasteiger charge is -2.00. The Morgan fingerprint density at radius 3 is 2.83 bits per heavy atom. The lowest BCUT2D eigenvalue weighted by molar-refractivity contribution is 0.425. The SMILES string of the molecule is Cc1cc(-c2nc(CSC(C)C)no2)ccc1N. The number of thioether (sulfide) groups is 1. The van der Waals surface area contributed by atoms with Gasteiger partial charge in [0.25, 0.3) is 5.89 Å². The normalized spacial score (nSPS) is 11.1. The van der Waals surface area contributed by atoms with E-state index in [0.29, 0.717) is 11.1 Å². The molecule has 2 rings (SSSR count). The molecule has 0 bridgehead atoms. The first-order chi connectivity index (χ1) is 8.56. The van der Waals surface area contributed by atoms with Crippen molar-refractivity contribution in [1.29, 1.82) is 0 Å². The zero-order chi connectivity index (χ0) is 13.1. The van der Waals surface area contributed by atoms with Crippen molar-refractivity contribution < 1.29 is 4.52 Å². The quantitative estimate of drug-likeness (QED) is 0.858. The summed E-state index contributed by atoms with van der Waals surface area (Å²) >= 11 is 1.79. The molecule has 0 spiro atoms. The maximum atomic E-state index is 5.78. The van der Waals surface area contributed by atoms with Gasteiger partial charge in [-0.1, -0.05) is 19.0 Å². The Morgan fingerprint density at radius 2 is 2.17 bits per heavy atom. The average molecular weight is 263 g/mol. The lowest BCUT2D eigenvalue weighted by atomic mass is 10.1. The molecular weight excluding hydrogens is 246 g/mol. The molecule has 0 unspecified atom stereocenters. The third-order valence-corrected chi connectivity index (χ3v) is 3.62. The second-order valence-electron chi connectivity index (χ2n) is 4.45. The number of hydrogen-bond donors (Lipinski definition) is 1. The minimum atomic E-state index is 0.553. The van der Waals surface area contributed by atoms with Crippen LogP contribution in [0.4, 0.5) is 5.69 Å². The van der Waals surface area contributed by atoms with Crippen molar-refractivity contribution >= 4 is 17.4 Å². The summed E-state index contributed by atoms with van der Waals surface area (Å²) in [5.74, 6) is 2.06. The van der Waals surface area contributed by atoms with Gasteiger partial charge < -0.3 is 10.3 Å². The summed E-state index contributed by atoms with van der Waals surface area (Å²) in [7, 11) is 0. The highest BCUT2D eigenvalue weighted by atomic mass is 32.2. The van der Waals surface area contributed by atoms with Crippen LogP contribution < -0.4 is 5.73 Å². The van der Waals surface area contributed by atoms with Crippen LogP contribution in [0.1, 0.15) is 25.2 Å². The van der Waals surface area contributed by atoms with Crippen LogP contribution in [0, 0.1) is 6.92 Å². The van der Waals surface area contributed by atoms with Crippen LogP contribution in [0.5, 0.6) is 0 Å². The molecule has 1 heterocycles. The number of nitrogens with two attached hydrogens (primary N) is 1. The highest BCUT2D eigenvalue weighted by molar-refractivity contribution is 7.99. The number of aryl methyl sites for hydroxylation is 1. The summed E-state index contributed by atoms with van der Waals surface area (Å²) in [5.41, 5.74) is 8.48. The second kappa shape index (κ2) is 5.44. The Labute approximate surface area is 111 Å². The molecule has 0 radical (unpaired) electrons. The van der Waals surface area contributed by atoms with Crippen LogP contribution in [0.2, 0.25) is 0 Å². The van der Waals surface area contributed by atoms with E-state index in [9.17, 15) is 0 Å². The minimum Gasteiger partial charge on any atom is -0.399 e. The Bertz CT molecular complexity index is 537. The molecule has 0 aliphatic carbocycles. The van der Waals surface area contributed by atoms with E-state index >= 15 is 0 Å². The van der Waals surface area contributed by atoms with Crippen molar-refractivity contribution in [3.63, 3.8) is 0 Å². The van der Waals surface area contributed by atoms with Gasteiger partial charge in [0.2, 0.25) is 0 Å². The lowest BCUT2D eigenvalue weighted by Crippen LogP contribution is -1.91. The van der Waals surface area contributed by atoms with Gasteiger partial charge in [0.1, 0.15) is 0 Å².